The maximum absolute atomic E-state index is 11.1. The summed E-state index contributed by atoms with van der Waals surface area (Å²) in [5.74, 6) is 1.41. The highest BCUT2D eigenvalue weighted by atomic mass is 32.2. The Morgan fingerprint density at radius 3 is 1.81 bits per heavy atom. The Morgan fingerprint density at radius 2 is 1.48 bits per heavy atom. The Bertz CT molecular complexity index is 484. The van der Waals surface area contributed by atoms with E-state index in [-0.39, 0.29) is 16.6 Å². The third kappa shape index (κ3) is 5.06. The molecule has 0 heterocycles. The Labute approximate surface area is 133 Å². The number of Topliss-reactive ketones (excluding diaryl/α,β-unsaturated/α-hetero) is 1. The van der Waals surface area contributed by atoms with Crippen LogP contribution in [0.3, 0.4) is 0 Å². The predicted octanol–water partition coefficient (Wildman–Crippen LogP) is 5.06. The summed E-state index contributed by atoms with van der Waals surface area (Å²) in [6, 6.07) is 4.13. The average Bonchev–Trinajstić information content (AvgIpc) is 2.27. The zero-order chi connectivity index (χ0) is 16.4. The van der Waals surface area contributed by atoms with Gasteiger partial charge in [-0.1, -0.05) is 41.5 Å². The van der Waals surface area contributed by atoms with Crippen LogP contribution in [0.15, 0.2) is 17.0 Å². The lowest BCUT2D eigenvalue weighted by molar-refractivity contribution is -0.116. The summed E-state index contributed by atoms with van der Waals surface area (Å²) in [5.41, 5.74) is 1.73. The number of benzene rings is 1. The van der Waals surface area contributed by atoms with E-state index in [9.17, 15) is 9.90 Å². The number of hydrogen-bond acceptors (Lipinski definition) is 3. The van der Waals surface area contributed by atoms with E-state index in [1.807, 2.05) is 0 Å². The van der Waals surface area contributed by atoms with Crippen LogP contribution in [0.1, 0.15) is 66.0 Å². The number of carbonyl (C=O) groups is 1. The van der Waals surface area contributed by atoms with Crippen LogP contribution < -0.4 is 0 Å². The molecule has 1 aromatic rings. The molecule has 0 aliphatic heterocycles. The molecule has 0 bridgehead atoms. The Morgan fingerprint density at radius 1 is 1.05 bits per heavy atom. The van der Waals surface area contributed by atoms with Gasteiger partial charge in [0.2, 0.25) is 0 Å². The molecular formula is C18H28O2S. The number of hydrogen-bond donors (Lipinski definition) is 1. The third-order valence-electron chi connectivity index (χ3n) is 3.42. The lowest BCUT2D eigenvalue weighted by Crippen LogP contribution is -2.17. The first-order valence-electron chi connectivity index (χ1n) is 7.43. The third-order valence-corrected chi connectivity index (χ3v) is 4.40. The van der Waals surface area contributed by atoms with Gasteiger partial charge in [0.15, 0.2) is 0 Å². The molecule has 118 valence electrons. The second kappa shape index (κ2) is 6.43. The lowest BCUT2D eigenvalue weighted by Gasteiger charge is -2.28. The molecule has 0 atom stereocenters. The fourth-order valence-electron chi connectivity index (χ4n) is 2.15. The van der Waals surface area contributed by atoms with Gasteiger partial charge in [0.05, 0.1) is 0 Å². The molecule has 21 heavy (non-hydrogen) atoms. The van der Waals surface area contributed by atoms with Crippen LogP contribution in [0.4, 0.5) is 0 Å². The number of rotatable bonds is 4. The van der Waals surface area contributed by atoms with Gasteiger partial charge in [-0.05, 0) is 29.9 Å². The van der Waals surface area contributed by atoms with Crippen LogP contribution >= 0.6 is 11.8 Å². The topological polar surface area (TPSA) is 37.3 Å². The van der Waals surface area contributed by atoms with Crippen molar-refractivity contribution >= 4 is 17.5 Å². The average molecular weight is 308 g/mol. The zero-order valence-electron chi connectivity index (χ0n) is 14.3. The molecule has 2 nitrogen and oxygen atoms in total. The van der Waals surface area contributed by atoms with Crippen molar-refractivity contribution in [1.82, 2.24) is 0 Å². The van der Waals surface area contributed by atoms with Gasteiger partial charge in [0.1, 0.15) is 11.5 Å². The molecule has 1 rings (SSSR count). The summed E-state index contributed by atoms with van der Waals surface area (Å²) in [4.78, 5) is 12.2. The minimum Gasteiger partial charge on any atom is -0.507 e. The van der Waals surface area contributed by atoms with Gasteiger partial charge >= 0.3 is 0 Å². The largest absolute Gasteiger partial charge is 0.507 e. The maximum Gasteiger partial charge on any atom is 0.130 e. The van der Waals surface area contributed by atoms with Gasteiger partial charge < -0.3 is 5.11 Å². The Balaban J connectivity index is 3.24. The van der Waals surface area contributed by atoms with E-state index in [0.29, 0.717) is 12.2 Å². The predicted molar refractivity (Wildman–Crippen MR) is 91.5 cm³/mol. The molecule has 0 aliphatic carbocycles. The standard InChI is InChI=1S/C18H28O2S/c1-12(19)8-9-21-13-10-14(17(2,3)4)16(20)15(11-13)18(5,6)7/h10-11,20H,8-9H2,1-7H3. The van der Waals surface area contributed by atoms with Gasteiger partial charge in [-0.15, -0.1) is 11.8 Å². The molecule has 0 aliphatic rings. The quantitative estimate of drug-likeness (QED) is 0.790. The first-order valence-corrected chi connectivity index (χ1v) is 8.41. The molecular weight excluding hydrogens is 280 g/mol. The number of carbonyl (C=O) groups excluding carboxylic acids is 1. The second-order valence-corrected chi connectivity index (χ2v) is 8.84. The number of phenolic OH excluding ortho intramolecular Hbond substituents is 1. The molecule has 0 fully saturated rings. The summed E-state index contributed by atoms with van der Waals surface area (Å²) in [5, 5.41) is 10.6. The van der Waals surface area contributed by atoms with Gasteiger partial charge in [-0.2, -0.15) is 0 Å². The van der Waals surface area contributed by atoms with Gasteiger partial charge in [0.25, 0.3) is 0 Å². The van der Waals surface area contributed by atoms with E-state index in [1.165, 1.54) is 0 Å². The highest BCUT2D eigenvalue weighted by molar-refractivity contribution is 7.99. The molecule has 0 radical (unpaired) electrons. The number of ketones is 1. The maximum atomic E-state index is 11.1. The van der Waals surface area contributed by atoms with Crippen molar-refractivity contribution < 1.29 is 9.90 Å². The van der Waals surface area contributed by atoms with Crippen molar-refractivity contribution in [1.29, 1.82) is 0 Å². The molecule has 0 amide bonds. The van der Waals surface area contributed by atoms with E-state index < -0.39 is 0 Å². The van der Waals surface area contributed by atoms with Crippen molar-refractivity contribution in [2.24, 2.45) is 0 Å². The number of phenols is 1. The highest BCUT2D eigenvalue weighted by Gasteiger charge is 2.26. The molecule has 0 saturated heterocycles. The van der Waals surface area contributed by atoms with Crippen molar-refractivity contribution in [3.05, 3.63) is 23.3 Å². The first kappa shape index (κ1) is 18.1. The summed E-state index contributed by atoms with van der Waals surface area (Å²) in [7, 11) is 0. The number of aromatic hydroxyl groups is 1. The summed E-state index contributed by atoms with van der Waals surface area (Å²) >= 11 is 1.69. The van der Waals surface area contributed by atoms with E-state index in [0.717, 1.165) is 21.8 Å². The SMILES string of the molecule is CC(=O)CCSc1cc(C(C)(C)C)c(O)c(C(C)(C)C)c1. The van der Waals surface area contributed by atoms with E-state index in [1.54, 1.807) is 18.7 Å². The summed E-state index contributed by atoms with van der Waals surface area (Å²) < 4.78 is 0. The molecule has 3 heteroatoms. The van der Waals surface area contributed by atoms with E-state index >= 15 is 0 Å². The van der Waals surface area contributed by atoms with Crippen LogP contribution in [-0.2, 0) is 15.6 Å². The highest BCUT2D eigenvalue weighted by Crippen LogP contribution is 2.41. The van der Waals surface area contributed by atoms with Crippen LogP contribution in [0.2, 0.25) is 0 Å². The molecule has 0 spiro atoms. The Kier molecular flexibility index (Phi) is 5.54. The van der Waals surface area contributed by atoms with Gasteiger partial charge in [0, 0.05) is 28.2 Å². The lowest BCUT2D eigenvalue weighted by atomic mass is 9.79. The molecule has 0 saturated carbocycles. The fourth-order valence-corrected chi connectivity index (χ4v) is 3.17. The normalized spacial score (nSPS) is 12.5. The van der Waals surface area contributed by atoms with Gasteiger partial charge in [-0.25, -0.2) is 0 Å². The summed E-state index contributed by atoms with van der Waals surface area (Å²) in [6.45, 7) is 14.3. The van der Waals surface area contributed by atoms with E-state index in [2.05, 4.69) is 53.7 Å². The first-order chi connectivity index (χ1) is 9.43. The van der Waals surface area contributed by atoms with Crippen molar-refractivity contribution in [3.8, 4) is 5.75 Å². The molecule has 1 N–H and O–H groups in total. The van der Waals surface area contributed by atoms with E-state index in [4.69, 9.17) is 0 Å². The molecule has 0 aromatic heterocycles. The van der Waals surface area contributed by atoms with Crippen molar-refractivity contribution in [3.63, 3.8) is 0 Å². The van der Waals surface area contributed by atoms with Gasteiger partial charge in [-0.3, -0.25) is 4.79 Å². The van der Waals surface area contributed by atoms with Crippen LogP contribution in [0, 0.1) is 0 Å². The van der Waals surface area contributed by atoms with Crippen molar-refractivity contribution in [2.45, 2.75) is 70.6 Å². The van der Waals surface area contributed by atoms with Crippen LogP contribution in [0.5, 0.6) is 5.75 Å². The smallest absolute Gasteiger partial charge is 0.130 e. The van der Waals surface area contributed by atoms with Crippen LogP contribution in [-0.4, -0.2) is 16.6 Å². The number of thioether (sulfide) groups is 1. The Hall–Kier alpha value is -0.960. The molecule has 1 aromatic carbocycles. The monoisotopic (exact) mass is 308 g/mol. The minimum absolute atomic E-state index is 0.110. The van der Waals surface area contributed by atoms with Crippen LogP contribution in [0.25, 0.3) is 0 Å². The summed E-state index contributed by atoms with van der Waals surface area (Å²) in [6.07, 6.45) is 0.585. The second-order valence-electron chi connectivity index (χ2n) is 7.67. The fraction of sp³-hybridized carbons (Fsp3) is 0.611. The van der Waals surface area contributed by atoms with Crippen molar-refractivity contribution in [2.75, 3.05) is 5.75 Å². The zero-order valence-corrected chi connectivity index (χ0v) is 15.1. The minimum atomic E-state index is -0.110. The molecule has 0 unspecified atom stereocenters.